The molecule has 0 spiro atoms. The summed E-state index contributed by atoms with van der Waals surface area (Å²) in [5, 5.41) is 5.40. The van der Waals surface area contributed by atoms with Gasteiger partial charge in [0, 0.05) is 32.7 Å². The fraction of sp³-hybridized carbons (Fsp3) is 0.105. The number of aryl methyl sites for hydroxylation is 2. The van der Waals surface area contributed by atoms with Crippen LogP contribution in [-0.2, 0) is 12.8 Å². The van der Waals surface area contributed by atoms with Crippen LogP contribution in [0.5, 0.6) is 0 Å². The topological polar surface area (TPSA) is 9.86 Å². The largest absolute Gasteiger partial charge is 0.333 e. The lowest BCUT2D eigenvalue weighted by atomic mass is 9.83. The Balaban J connectivity index is 1.36. The van der Waals surface area contributed by atoms with E-state index >= 15 is 0 Å². The number of hydrogen-bond donors (Lipinski definition) is 0. The number of allylic oxidation sites excluding steroid dienone is 4. The standard InChI is InChI=1S/C38H28N2/c1-3-11-26(12-4-1)39-35-17-9-8-16-30(35)34-23-25-19-20-31-28(33(25)24-37(34)39)21-22-32-29-15-7-10-18-36(29)40(38(31)32)27-13-5-2-6-14-27/h1-13,15-18,21-24,27H,14,19-20H2. The highest BCUT2D eigenvalue weighted by Crippen LogP contribution is 2.45. The summed E-state index contributed by atoms with van der Waals surface area (Å²) in [7, 11) is 0. The second kappa shape index (κ2) is 8.34. The van der Waals surface area contributed by atoms with E-state index in [1.54, 1.807) is 0 Å². The van der Waals surface area contributed by atoms with Crippen LogP contribution in [0.15, 0.2) is 127 Å². The summed E-state index contributed by atoms with van der Waals surface area (Å²) in [5.74, 6) is 0. The summed E-state index contributed by atoms with van der Waals surface area (Å²) in [4.78, 5) is 0. The fourth-order valence-corrected chi connectivity index (χ4v) is 7.40. The molecule has 40 heavy (non-hydrogen) atoms. The van der Waals surface area contributed by atoms with E-state index in [1.807, 2.05) is 0 Å². The Morgan fingerprint density at radius 2 is 1.35 bits per heavy atom. The van der Waals surface area contributed by atoms with Gasteiger partial charge in [0.15, 0.2) is 0 Å². The van der Waals surface area contributed by atoms with Crippen LogP contribution < -0.4 is 0 Å². The molecule has 0 saturated carbocycles. The number of fused-ring (bicyclic) bond motifs is 10. The molecule has 0 radical (unpaired) electrons. The van der Waals surface area contributed by atoms with Gasteiger partial charge in [0.05, 0.1) is 22.6 Å². The van der Waals surface area contributed by atoms with Crippen LogP contribution in [0.4, 0.5) is 0 Å². The molecule has 7 aromatic rings. The van der Waals surface area contributed by atoms with E-state index in [9.17, 15) is 0 Å². The summed E-state index contributed by atoms with van der Waals surface area (Å²) in [6.07, 6.45) is 12.2. The van der Waals surface area contributed by atoms with Gasteiger partial charge in [-0.1, -0.05) is 91.0 Å². The summed E-state index contributed by atoms with van der Waals surface area (Å²) < 4.78 is 5.06. The van der Waals surface area contributed by atoms with E-state index < -0.39 is 0 Å². The number of para-hydroxylation sites is 3. The summed E-state index contributed by atoms with van der Waals surface area (Å²) in [6, 6.07) is 38.6. The normalized spacial score (nSPS) is 16.2. The minimum atomic E-state index is 0.336. The van der Waals surface area contributed by atoms with Crippen molar-refractivity contribution in [1.29, 1.82) is 0 Å². The molecule has 0 amide bonds. The maximum Gasteiger partial charge on any atom is 0.0560 e. The summed E-state index contributed by atoms with van der Waals surface area (Å²) in [6.45, 7) is 0. The first-order valence-corrected chi connectivity index (χ1v) is 14.4. The molecule has 2 aliphatic rings. The van der Waals surface area contributed by atoms with E-state index in [4.69, 9.17) is 0 Å². The highest BCUT2D eigenvalue weighted by Gasteiger charge is 2.26. The minimum Gasteiger partial charge on any atom is -0.333 e. The molecule has 9 rings (SSSR count). The molecule has 5 aromatic carbocycles. The number of benzene rings is 5. The van der Waals surface area contributed by atoms with Crippen molar-refractivity contribution in [2.45, 2.75) is 25.3 Å². The predicted molar refractivity (Wildman–Crippen MR) is 169 cm³/mol. The Hall–Kier alpha value is -4.82. The first-order chi connectivity index (χ1) is 19.9. The first kappa shape index (κ1) is 22.0. The molecule has 0 saturated heterocycles. The van der Waals surface area contributed by atoms with Crippen molar-refractivity contribution in [3.05, 3.63) is 139 Å². The minimum absolute atomic E-state index is 0.336. The lowest BCUT2D eigenvalue weighted by Crippen LogP contribution is -2.11. The average molecular weight is 513 g/mol. The Labute approximate surface area is 233 Å². The van der Waals surface area contributed by atoms with Gasteiger partial charge in [-0.05, 0) is 77.9 Å². The molecular weight excluding hydrogens is 484 g/mol. The van der Waals surface area contributed by atoms with Crippen molar-refractivity contribution < 1.29 is 0 Å². The molecule has 2 aliphatic carbocycles. The number of rotatable bonds is 2. The Morgan fingerprint density at radius 1 is 0.575 bits per heavy atom. The highest BCUT2D eigenvalue weighted by molar-refractivity contribution is 6.13. The zero-order valence-corrected chi connectivity index (χ0v) is 22.2. The van der Waals surface area contributed by atoms with E-state index in [2.05, 4.69) is 137 Å². The van der Waals surface area contributed by atoms with Gasteiger partial charge in [-0.15, -0.1) is 0 Å². The molecule has 1 atom stereocenters. The number of hydrogen-bond acceptors (Lipinski definition) is 0. The maximum atomic E-state index is 2.62. The van der Waals surface area contributed by atoms with Crippen molar-refractivity contribution in [1.82, 2.24) is 9.13 Å². The molecule has 0 N–H and O–H groups in total. The average Bonchev–Trinajstić information content (AvgIpc) is 3.53. The number of aromatic nitrogens is 2. The van der Waals surface area contributed by atoms with Gasteiger partial charge in [-0.3, -0.25) is 0 Å². The predicted octanol–water partition coefficient (Wildman–Crippen LogP) is 9.71. The molecule has 0 aliphatic heterocycles. The fourth-order valence-electron chi connectivity index (χ4n) is 7.40. The third-order valence-corrected chi connectivity index (χ3v) is 9.11. The monoisotopic (exact) mass is 512 g/mol. The molecular formula is C38H28N2. The summed E-state index contributed by atoms with van der Waals surface area (Å²) in [5.41, 5.74) is 12.2. The van der Waals surface area contributed by atoms with Crippen LogP contribution in [0.2, 0.25) is 0 Å². The van der Waals surface area contributed by atoms with Gasteiger partial charge < -0.3 is 9.13 Å². The first-order valence-electron chi connectivity index (χ1n) is 14.4. The molecule has 0 bridgehead atoms. The highest BCUT2D eigenvalue weighted by atomic mass is 15.0. The van der Waals surface area contributed by atoms with E-state index in [0.717, 1.165) is 19.3 Å². The molecule has 0 fully saturated rings. The molecule has 190 valence electrons. The van der Waals surface area contributed by atoms with Crippen LogP contribution in [0.25, 0.3) is 60.4 Å². The van der Waals surface area contributed by atoms with Gasteiger partial charge in [-0.25, -0.2) is 0 Å². The van der Waals surface area contributed by atoms with Crippen LogP contribution in [0.3, 0.4) is 0 Å². The third-order valence-electron chi connectivity index (χ3n) is 9.11. The lowest BCUT2D eigenvalue weighted by Gasteiger charge is -2.25. The molecule has 2 nitrogen and oxygen atoms in total. The van der Waals surface area contributed by atoms with Crippen molar-refractivity contribution >= 4 is 43.6 Å². The second-order valence-electron chi connectivity index (χ2n) is 11.2. The van der Waals surface area contributed by atoms with Crippen molar-refractivity contribution in [2.75, 3.05) is 0 Å². The summed E-state index contributed by atoms with van der Waals surface area (Å²) >= 11 is 0. The quantitative estimate of drug-likeness (QED) is 0.218. The zero-order valence-electron chi connectivity index (χ0n) is 22.2. The maximum absolute atomic E-state index is 2.62. The van der Waals surface area contributed by atoms with Crippen LogP contribution in [0, 0.1) is 0 Å². The smallest absolute Gasteiger partial charge is 0.0560 e. The number of nitrogens with zero attached hydrogens (tertiary/aromatic N) is 2. The molecule has 2 aromatic heterocycles. The van der Waals surface area contributed by atoms with Crippen LogP contribution in [0.1, 0.15) is 23.6 Å². The van der Waals surface area contributed by atoms with E-state index in [-0.39, 0.29) is 0 Å². The molecule has 2 heteroatoms. The Kier molecular flexibility index (Phi) is 4.59. The zero-order chi connectivity index (χ0) is 26.2. The van der Waals surface area contributed by atoms with Crippen molar-refractivity contribution in [2.24, 2.45) is 0 Å². The second-order valence-corrected chi connectivity index (χ2v) is 11.2. The SMILES string of the molecule is C1=CCC(n2c3ccccc3c3ccc4c(c32)CCc2cc3c5ccccc5n(-c5ccccc5)c3cc2-4)C=C1. The van der Waals surface area contributed by atoms with Crippen molar-refractivity contribution in [3.63, 3.8) is 0 Å². The van der Waals surface area contributed by atoms with Gasteiger partial charge in [0.25, 0.3) is 0 Å². The van der Waals surface area contributed by atoms with Crippen LogP contribution >= 0.6 is 0 Å². The Bertz CT molecular complexity index is 2190. The third kappa shape index (κ3) is 2.99. The van der Waals surface area contributed by atoms with Gasteiger partial charge in [-0.2, -0.15) is 0 Å². The van der Waals surface area contributed by atoms with E-state index in [1.165, 1.54) is 71.6 Å². The van der Waals surface area contributed by atoms with Gasteiger partial charge in [0.1, 0.15) is 0 Å². The van der Waals surface area contributed by atoms with E-state index in [0.29, 0.717) is 6.04 Å². The van der Waals surface area contributed by atoms with Crippen molar-refractivity contribution in [3.8, 4) is 16.8 Å². The Morgan fingerprint density at radius 3 is 2.17 bits per heavy atom. The van der Waals surface area contributed by atoms with Gasteiger partial charge in [0.2, 0.25) is 0 Å². The van der Waals surface area contributed by atoms with Gasteiger partial charge >= 0.3 is 0 Å². The molecule has 1 unspecified atom stereocenters. The van der Waals surface area contributed by atoms with Crippen LogP contribution in [-0.4, -0.2) is 9.13 Å². The lowest BCUT2D eigenvalue weighted by molar-refractivity contribution is 0.645. The molecule has 2 heterocycles.